The highest BCUT2D eigenvalue weighted by molar-refractivity contribution is 6.09. The van der Waals surface area contributed by atoms with Gasteiger partial charge in [0.05, 0.1) is 22.5 Å². The Morgan fingerprint density at radius 3 is 1.26 bits per heavy atom. The molecule has 0 aliphatic rings. The third-order valence-corrected chi connectivity index (χ3v) is 6.34. The highest BCUT2D eigenvalue weighted by atomic mass is 16.2. The first-order valence-electron chi connectivity index (χ1n) is 12.6. The van der Waals surface area contributed by atoms with Crippen LogP contribution < -0.4 is 21.8 Å². The van der Waals surface area contributed by atoms with Gasteiger partial charge >= 0.3 is 0 Å². The zero-order valence-electron chi connectivity index (χ0n) is 21.8. The number of nitrogens with one attached hydrogen (secondary N) is 4. The molecule has 5 rings (SSSR count). The number of carbonyl (C=O) groups excluding carboxylic acids is 2. The van der Waals surface area contributed by atoms with Crippen LogP contribution in [0.3, 0.4) is 0 Å². The van der Waals surface area contributed by atoms with Crippen molar-refractivity contribution in [2.75, 3.05) is 10.6 Å². The van der Waals surface area contributed by atoms with Gasteiger partial charge in [-0.2, -0.15) is 10.5 Å². The van der Waals surface area contributed by atoms with Crippen molar-refractivity contribution in [3.8, 4) is 34.7 Å². The lowest BCUT2D eigenvalue weighted by Gasteiger charge is -2.13. The summed E-state index contributed by atoms with van der Waals surface area (Å²) in [6, 6.07) is 29.9. The van der Waals surface area contributed by atoms with E-state index in [2.05, 4.69) is 20.6 Å². The maximum atomic E-state index is 13.2. The maximum Gasteiger partial charge on any atom is 0.266 e. The normalized spacial score (nSPS) is 10.2. The number of amides is 2. The van der Waals surface area contributed by atoms with Crippen molar-refractivity contribution in [3.63, 3.8) is 0 Å². The van der Waals surface area contributed by atoms with Crippen LogP contribution in [0.2, 0.25) is 0 Å². The molecular weight excluding hydrogens is 532 g/mol. The summed E-state index contributed by atoms with van der Waals surface area (Å²) >= 11 is 0. The fraction of sp³-hybridized carbons (Fsp3) is 0. The minimum Gasteiger partial charge on any atom is -0.322 e. The van der Waals surface area contributed by atoms with E-state index < -0.39 is 22.9 Å². The van der Waals surface area contributed by atoms with E-state index in [1.54, 1.807) is 97.1 Å². The zero-order valence-corrected chi connectivity index (χ0v) is 21.8. The quantitative estimate of drug-likeness (QED) is 0.239. The number of benzene rings is 3. The van der Waals surface area contributed by atoms with Gasteiger partial charge in [-0.15, -0.1) is 0 Å². The number of pyridine rings is 2. The smallest absolute Gasteiger partial charge is 0.266 e. The van der Waals surface area contributed by atoms with Gasteiger partial charge in [-0.3, -0.25) is 19.2 Å². The summed E-state index contributed by atoms with van der Waals surface area (Å²) in [4.78, 5) is 56.3. The maximum absolute atomic E-state index is 13.2. The minimum absolute atomic E-state index is 0.106. The van der Waals surface area contributed by atoms with E-state index in [1.165, 1.54) is 12.1 Å². The van der Waals surface area contributed by atoms with Crippen LogP contribution in [0.15, 0.2) is 107 Å². The Labute approximate surface area is 238 Å². The zero-order chi connectivity index (χ0) is 29.6. The van der Waals surface area contributed by atoms with E-state index >= 15 is 0 Å². The lowest BCUT2D eigenvalue weighted by molar-refractivity contribution is 0.101. The number of anilines is 2. The third-order valence-electron chi connectivity index (χ3n) is 6.34. The summed E-state index contributed by atoms with van der Waals surface area (Å²) in [5.41, 5.74) is 1.12. The molecule has 10 nitrogen and oxygen atoms in total. The van der Waals surface area contributed by atoms with Crippen molar-refractivity contribution < 1.29 is 9.59 Å². The van der Waals surface area contributed by atoms with E-state index in [0.29, 0.717) is 22.5 Å². The Bertz CT molecular complexity index is 1870. The van der Waals surface area contributed by atoms with Crippen LogP contribution in [0.25, 0.3) is 22.5 Å². The second kappa shape index (κ2) is 11.7. The number of hydrogen-bond acceptors (Lipinski definition) is 6. The van der Waals surface area contributed by atoms with E-state index in [1.807, 2.05) is 0 Å². The summed E-state index contributed by atoms with van der Waals surface area (Å²) in [7, 11) is 0. The molecule has 2 aromatic heterocycles. The number of hydrogen-bond donors (Lipinski definition) is 4. The molecule has 0 atom stereocenters. The van der Waals surface area contributed by atoms with E-state index in [9.17, 15) is 29.7 Å². The molecule has 0 saturated heterocycles. The molecular formula is C32H20N6O4. The predicted octanol–water partition coefficient (Wildman–Crippen LogP) is 4.65. The van der Waals surface area contributed by atoms with Gasteiger partial charge in [0.25, 0.3) is 22.9 Å². The van der Waals surface area contributed by atoms with Gasteiger partial charge in [-0.05, 0) is 47.5 Å². The molecule has 0 aliphatic carbocycles. The fourth-order valence-corrected chi connectivity index (χ4v) is 4.28. The lowest BCUT2D eigenvalue weighted by Crippen LogP contribution is -2.20. The molecule has 0 aliphatic heterocycles. The molecule has 0 spiro atoms. The van der Waals surface area contributed by atoms with Gasteiger partial charge in [0, 0.05) is 11.4 Å². The van der Waals surface area contributed by atoms with Crippen molar-refractivity contribution in [2.45, 2.75) is 0 Å². The average Bonchev–Trinajstić information content (AvgIpc) is 3.02. The predicted molar refractivity (Wildman–Crippen MR) is 157 cm³/mol. The average molecular weight is 553 g/mol. The summed E-state index contributed by atoms with van der Waals surface area (Å²) in [6.45, 7) is 0. The van der Waals surface area contributed by atoms with Crippen LogP contribution in [0.1, 0.15) is 31.8 Å². The number of aromatic amines is 2. The molecule has 202 valence electrons. The Morgan fingerprint density at radius 2 is 0.929 bits per heavy atom. The molecule has 10 heteroatoms. The summed E-state index contributed by atoms with van der Waals surface area (Å²) in [6.07, 6.45) is 0. The molecule has 2 amide bonds. The molecule has 3 aromatic carbocycles. The number of nitriles is 2. The van der Waals surface area contributed by atoms with Crippen LogP contribution in [-0.4, -0.2) is 21.8 Å². The van der Waals surface area contributed by atoms with Gasteiger partial charge in [-0.25, -0.2) is 0 Å². The molecule has 2 heterocycles. The van der Waals surface area contributed by atoms with E-state index in [-0.39, 0.29) is 33.6 Å². The van der Waals surface area contributed by atoms with Crippen molar-refractivity contribution in [3.05, 3.63) is 140 Å². The van der Waals surface area contributed by atoms with Gasteiger partial charge in [0.2, 0.25) is 0 Å². The second-order valence-corrected chi connectivity index (χ2v) is 9.04. The van der Waals surface area contributed by atoms with Crippen molar-refractivity contribution in [2.24, 2.45) is 0 Å². The number of carbonyl (C=O) groups is 2. The molecule has 4 N–H and O–H groups in total. The summed E-state index contributed by atoms with van der Waals surface area (Å²) < 4.78 is 0. The molecule has 42 heavy (non-hydrogen) atoms. The van der Waals surface area contributed by atoms with Gasteiger partial charge in [-0.1, -0.05) is 60.7 Å². The highest BCUT2D eigenvalue weighted by Crippen LogP contribution is 2.24. The Kier molecular flexibility index (Phi) is 7.54. The van der Waals surface area contributed by atoms with Crippen LogP contribution in [0.4, 0.5) is 11.4 Å². The number of rotatable bonds is 6. The Hall–Kier alpha value is -6.52. The monoisotopic (exact) mass is 552 g/mol. The van der Waals surface area contributed by atoms with Crippen molar-refractivity contribution in [1.82, 2.24) is 9.97 Å². The Balaban J connectivity index is 1.39. The lowest BCUT2D eigenvalue weighted by atomic mass is 10.0. The third kappa shape index (κ3) is 5.59. The van der Waals surface area contributed by atoms with Gasteiger partial charge in [0.1, 0.15) is 23.3 Å². The largest absolute Gasteiger partial charge is 0.322 e. The molecule has 0 radical (unpaired) electrons. The van der Waals surface area contributed by atoms with Crippen LogP contribution in [0.5, 0.6) is 0 Å². The minimum atomic E-state index is -0.604. The molecule has 5 aromatic rings. The molecule has 0 fully saturated rings. The van der Waals surface area contributed by atoms with E-state index in [0.717, 1.165) is 0 Å². The van der Waals surface area contributed by atoms with Gasteiger partial charge < -0.3 is 20.6 Å². The number of nitrogens with zero attached hydrogens (tertiary/aromatic N) is 2. The summed E-state index contributed by atoms with van der Waals surface area (Å²) in [5, 5.41) is 24.1. The standard InChI is InChI=1S/C32H20N6O4/c33-17-21-15-25(27(37-29(21)39)19-7-3-1-4-8-19)31(41)35-23-11-13-24(14-12-23)36-32(42)26-16-22(18-34)30(40)38-28(26)20-9-5-2-6-10-20/h1-16H,(H,35,41)(H,36,42)(H,37,39)(H,38,40). The first-order valence-corrected chi connectivity index (χ1v) is 12.6. The summed E-state index contributed by atoms with van der Waals surface area (Å²) in [5.74, 6) is -1.11. The number of aromatic nitrogens is 2. The fourth-order valence-electron chi connectivity index (χ4n) is 4.28. The highest BCUT2D eigenvalue weighted by Gasteiger charge is 2.19. The SMILES string of the molecule is N#Cc1cc(C(=O)Nc2ccc(NC(=O)c3cc(C#N)c(=O)[nH]c3-c3ccccc3)cc2)c(-c2ccccc2)[nH]c1=O. The first-order chi connectivity index (χ1) is 20.4. The number of H-pyrrole nitrogens is 2. The second-order valence-electron chi connectivity index (χ2n) is 9.04. The van der Waals surface area contributed by atoms with Gasteiger partial charge in [0.15, 0.2) is 0 Å². The topological polar surface area (TPSA) is 171 Å². The van der Waals surface area contributed by atoms with Crippen molar-refractivity contribution >= 4 is 23.2 Å². The first kappa shape index (κ1) is 27.1. The molecule has 0 saturated carbocycles. The van der Waals surface area contributed by atoms with E-state index in [4.69, 9.17) is 0 Å². The molecule has 0 unspecified atom stereocenters. The Morgan fingerprint density at radius 1 is 0.571 bits per heavy atom. The molecule has 0 bridgehead atoms. The van der Waals surface area contributed by atoms with Crippen LogP contribution in [-0.2, 0) is 0 Å². The van der Waals surface area contributed by atoms with Crippen molar-refractivity contribution in [1.29, 1.82) is 10.5 Å². The van der Waals surface area contributed by atoms with Crippen LogP contribution in [0, 0.1) is 22.7 Å². The van der Waals surface area contributed by atoms with Crippen LogP contribution >= 0.6 is 0 Å².